The Morgan fingerprint density at radius 3 is 2.38 bits per heavy atom. The van der Waals surface area contributed by atoms with Crippen molar-refractivity contribution < 1.29 is 15.3 Å². The molecule has 3 unspecified atom stereocenters. The average molecular weight is 224 g/mol. The largest absolute Gasteiger partial charge is 0.391 e. The number of rotatable bonds is 5. The molecule has 1 aromatic carbocycles. The fraction of sp³-hybridized carbons (Fsp3) is 0.364. The van der Waals surface area contributed by atoms with Crippen molar-refractivity contribution in [2.75, 3.05) is 5.43 Å². The van der Waals surface area contributed by atoms with E-state index in [1.165, 1.54) is 6.92 Å². The van der Waals surface area contributed by atoms with E-state index in [9.17, 15) is 10.2 Å². The van der Waals surface area contributed by atoms with Gasteiger partial charge in [0.15, 0.2) is 0 Å². The minimum atomic E-state index is -1.23. The molecule has 0 bridgehead atoms. The predicted octanol–water partition coefficient (Wildman–Crippen LogP) is 0.187. The zero-order chi connectivity index (χ0) is 12.0. The minimum absolute atomic E-state index is 0.775. The van der Waals surface area contributed by atoms with E-state index >= 15 is 0 Å². The third-order valence-corrected chi connectivity index (χ3v) is 2.04. The first-order valence-corrected chi connectivity index (χ1v) is 4.99. The predicted molar refractivity (Wildman–Crippen MR) is 62.3 cm³/mol. The molecule has 4 N–H and O–H groups in total. The Morgan fingerprint density at radius 1 is 1.19 bits per heavy atom. The van der Waals surface area contributed by atoms with Crippen LogP contribution in [0.1, 0.15) is 6.92 Å². The van der Waals surface area contributed by atoms with Crippen LogP contribution in [0.3, 0.4) is 0 Å². The number of benzene rings is 1. The van der Waals surface area contributed by atoms with Crippen molar-refractivity contribution in [3.63, 3.8) is 0 Å². The molecule has 5 nitrogen and oxygen atoms in total. The van der Waals surface area contributed by atoms with E-state index in [2.05, 4.69) is 10.5 Å². The van der Waals surface area contributed by atoms with Gasteiger partial charge in [0.05, 0.1) is 18.0 Å². The van der Waals surface area contributed by atoms with Crippen molar-refractivity contribution in [3.05, 3.63) is 30.3 Å². The van der Waals surface area contributed by atoms with Gasteiger partial charge in [-0.15, -0.1) is 0 Å². The lowest BCUT2D eigenvalue weighted by atomic mass is 10.1. The maximum Gasteiger partial charge on any atom is 0.119 e. The molecule has 0 saturated heterocycles. The van der Waals surface area contributed by atoms with Gasteiger partial charge in [0.1, 0.15) is 12.2 Å². The van der Waals surface area contributed by atoms with Gasteiger partial charge in [-0.1, -0.05) is 18.2 Å². The second-order valence-electron chi connectivity index (χ2n) is 3.48. The second kappa shape index (κ2) is 6.22. The summed E-state index contributed by atoms with van der Waals surface area (Å²) >= 11 is 0. The summed E-state index contributed by atoms with van der Waals surface area (Å²) in [5.74, 6) is 0. The highest BCUT2D eigenvalue weighted by atomic mass is 16.4. The average Bonchev–Trinajstić information content (AvgIpc) is 2.29. The minimum Gasteiger partial charge on any atom is -0.391 e. The fourth-order valence-electron chi connectivity index (χ4n) is 1.07. The van der Waals surface area contributed by atoms with Crippen LogP contribution in [0.2, 0.25) is 0 Å². The molecule has 0 aliphatic heterocycles. The van der Waals surface area contributed by atoms with Crippen LogP contribution in [0.25, 0.3) is 0 Å². The number of hydrazone groups is 1. The van der Waals surface area contributed by atoms with E-state index < -0.39 is 18.3 Å². The lowest BCUT2D eigenvalue weighted by molar-refractivity contribution is -0.0240. The molecule has 5 heteroatoms. The first kappa shape index (κ1) is 12.6. The molecule has 1 aromatic rings. The van der Waals surface area contributed by atoms with Gasteiger partial charge in [-0.05, 0) is 19.1 Å². The molecule has 0 heterocycles. The van der Waals surface area contributed by atoms with Gasteiger partial charge in [0.25, 0.3) is 0 Å². The zero-order valence-corrected chi connectivity index (χ0v) is 8.99. The molecule has 0 aromatic heterocycles. The van der Waals surface area contributed by atoms with E-state index in [-0.39, 0.29) is 0 Å². The summed E-state index contributed by atoms with van der Waals surface area (Å²) < 4.78 is 0. The van der Waals surface area contributed by atoms with Crippen molar-refractivity contribution in [2.24, 2.45) is 5.10 Å². The smallest absolute Gasteiger partial charge is 0.119 e. The highest BCUT2D eigenvalue weighted by Crippen LogP contribution is 2.04. The topological polar surface area (TPSA) is 85.1 Å². The first-order valence-electron chi connectivity index (χ1n) is 4.99. The van der Waals surface area contributed by atoms with E-state index in [0.29, 0.717) is 0 Å². The second-order valence-corrected chi connectivity index (χ2v) is 3.48. The maximum atomic E-state index is 9.37. The molecule has 0 aliphatic rings. The number of nitrogens with zero attached hydrogens (tertiary/aromatic N) is 1. The van der Waals surface area contributed by atoms with Crippen LogP contribution in [0, 0.1) is 0 Å². The van der Waals surface area contributed by atoms with Crippen LogP contribution in [-0.4, -0.2) is 39.8 Å². The molecule has 0 radical (unpaired) electrons. The SMILES string of the molecule is CC(O)C(O)C(O)C=NNc1ccccc1. The Hall–Kier alpha value is -1.43. The molecule has 1 rings (SSSR count). The molecule has 0 spiro atoms. The molecule has 0 aliphatic carbocycles. The first-order chi connectivity index (χ1) is 7.61. The highest BCUT2D eigenvalue weighted by Gasteiger charge is 2.18. The Bertz CT molecular complexity index is 327. The number of aliphatic hydroxyl groups is 3. The van der Waals surface area contributed by atoms with Gasteiger partial charge in [0, 0.05) is 0 Å². The Morgan fingerprint density at radius 2 is 1.81 bits per heavy atom. The third-order valence-electron chi connectivity index (χ3n) is 2.04. The molecular formula is C11H16N2O3. The fourth-order valence-corrected chi connectivity index (χ4v) is 1.07. The van der Waals surface area contributed by atoms with Crippen molar-refractivity contribution in [1.82, 2.24) is 0 Å². The van der Waals surface area contributed by atoms with Crippen LogP contribution in [0.4, 0.5) is 5.69 Å². The Balaban J connectivity index is 2.43. The molecule has 0 amide bonds. The number of anilines is 1. The molecular weight excluding hydrogens is 208 g/mol. The number of hydrogen-bond acceptors (Lipinski definition) is 5. The summed E-state index contributed by atoms with van der Waals surface area (Å²) in [6, 6.07) is 9.20. The maximum absolute atomic E-state index is 9.37. The number of aliphatic hydroxyl groups excluding tert-OH is 3. The van der Waals surface area contributed by atoms with Crippen LogP contribution >= 0.6 is 0 Å². The van der Waals surface area contributed by atoms with E-state index in [1.807, 2.05) is 30.3 Å². The summed E-state index contributed by atoms with van der Waals surface area (Å²) in [4.78, 5) is 0. The standard InChI is InChI=1S/C11H16N2O3/c1-8(14)11(16)10(15)7-12-13-9-5-3-2-4-6-9/h2-8,10-11,13-16H,1H3. The molecule has 16 heavy (non-hydrogen) atoms. The monoisotopic (exact) mass is 224 g/mol. The quantitative estimate of drug-likeness (QED) is 0.425. The zero-order valence-electron chi connectivity index (χ0n) is 8.99. The molecule has 3 atom stereocenters. The van der Waals surface area contributed by atoms with Gasteiger partial charge < -0.3 is 15.3 Å². The summed E-state index contributed by atoms with van der Waals surface area (Å²) in [7, 11) is 0. The van der Waals surface area contributed by atoms with Crippen LogP contribution in [0.15, 0.2) is 35.4 Å². The summed E-state index contributed by atoms with van der Waals surface area (Å²) in [6.07, 6.45) is -2.29. The van der Waals surface area contributed by atoms with Gasteiger partial charge in [-0.25, -0.2) is 0 Å². The van der Waals surface area contributed by atoms with Crippen molar-refractivity contribution in [2.45, 2.75) is 25.2 Å². The number of hydrogen-bond donors (Lipinski definition) is 4. The van der Waals surface area contributed by atoms with Gasteiger partial charge in [0.2, 0.25) is 0 Å². The lowest BCUT2D eigenvalue weighted by Gasteiger charge is -2.16. The van der Waals surface area contributed by atoms with Crippen molar-refractivity contribution >= 4 is 11.9 Å². The number of nitrogens with one attached hydrogen (secondary N) is 1. The highest BCUT2D eigenvalue weighted by molar-refractivity contribution is 5.65. The molecule has 0 saturated carbocycles. The Labute approximate surface area is 94.1 Å². The van der Waals surface area contributed by atoms with Gasteiger partial charge >= 0.3 is 0 Å². The summed E-state index contributed by atoms with van der Waals surface area (Å²) in [5.41, 5.74) is 3.46. The summed E-state index contributed by atoms with van der Waals surface area (Å²) in [6.45, 7) is 1.40. The van der Waals surface area contributed by atoms with Crippen LogP contribution in [0.5, 0.6) is 0 Å². The molecule has 0 fully saturated rings. The van der Waals surface area contributed by atoms with Crippen molar-refractivity contribution in [3.8, 4) is 0 Å². The van der Waals surface area contributed by atoms with E-state index in [4.69, 9.17) is 5.11 Å². The molecule has 88 valence electrons. The van der Waals surface area contributed by atoms with E-state index in [0.717, 1.165) is 11.9 Å². The van der Waals surface area contributed by atoms with Crippen LogP contribution < -0.4 is 5.43 Å². The lowest BCUT2D eigenvalue weighted by Crippen LogP contribution is -2.36. The van der Waals surface area contributed by atoms with Crippen molar-refractivity contribution in [1.29, 1.82) is 0 Å². The van der Waals surface area contributed by atoms with Crippen LogP contribution in [-0.2, 0) is 0 Å². The van der Waals surface area contributed by atoms with Gasteiger partial charge in [-0.3, -0.25) is 5.43 Å². The summed E-state index contributed by atoms with van der Waals surface area (Å²) in [5, 5.41) is 31.4. The third kappa shape index (κ3) is 3.98. The Kier molecular flexibility index (Phi) is 4.91. The van der Waals surface area contributed by atoms with E-state index in [1.54, 1.807) is 0 Å². The number of para-hydroxylation sites is 1. The van der Waals surface area contributed by atoms with Gasteiger partial charge in [-0.2, -0.15) is 5.10 Å². The normalized spacial score (nSPS) is 17.0.